The molecule has 1 aliphatic carbocycles. The van der Waals surface area contributed by atoms with E-state index in [2.05, 4.69) is 55.5 Å². The summed E-state index contributed by atoms with van der Waals surface area (Å²) in [7, 11) is 0. The number of benzene rings is 1. The minimum absolute atomic E-state index is 0.411. The van der Waals surface area contributed by atoms with Gasteiger partial charge in [-0.3, -0.25) is 0 Å². The van der Waals surface area contributed by atoms with Crippen molar-refractivity contribution in [2.45, 2.75) is 18.9 Å². The predicted molar refractivity (Wildman–Crippen MR) is 71.0 cm³/mol. The molecule has 1 aliphatic rings. The van der Waals surface area contributed by atoms with Gasteiger partial charge >= 0.3 is 0 Å². The molecular formula is C13H12BrN3. The van der Waals surface area contributed by atoms with Crippen LogP contribution in [0.15, 0.2) is 41.1 Å². The normalized spacial score (nSPS) is 14.6. The third kappa shape index (κ3) is 2.31. The number of nitrogens with zero attached hydrogens (tertiary/aromatic N) is 2. The molecule has 0 aliphatic heterocycles. The van der Waals surface area contributed by atoms with E-state index in [4.69, 9.17) is 0 Å². The summed E-state index contributed by atoms with van der Waals surface area (Å²) in [4.78, 5) is 8.47. The van der Waals surface area contributed by atoms with Crippen molar-refractivity contribution >= 4 is 21.9 Å². The van der Waals surface area contributed by atoms with Gasteiger partial charge in [-0.2, -0.15) is 0 Å². The Kier molecular flexibility index (Phi) is 2.81. The predicted octanol–water partition coefficient (Wildman–Crippen LogP) is 2.82. The number of halogens is 1. The minimum Gasteiger partial charge on any atom is -0.351 e. The van der Waals surface area contributed by atoms with Gasteiger partial charge in [-0.15, -0.1) is 0 Å². The van der Waals surface area contributed by atoms with Gasteiger partial charge in [0.15, 0.2) is 0 Å². The first kappa shape index (κ1) is 10.7. The molecule has 1 heterocycles. The zero-order valence-electron chi connectivity index (χ0n) is 9.23. The third-order valence-corrected chi connectivity index (χ3v) is 3.41. The first-order chi connectivity index (χ1) is 8.31. The van der Waals surface area contributed by atoms with Gasteiger partial charge in [0, 0.05) is 18.4 Å². The molecule has 0 fully saturated rings. The van der Waals surface area contributed by atoms with Crippen LogP contribution < -0.4 is 5.32 Å². The Morgan fingerprint density at radius 2 is 1.65 bits per heavy atom. The van der Waals surface area contributed by atoms with Crippen molar-refractivity contribution in [1.82, 2.24) is 9.97 Å². The molecule has 3 nitrogen and oxygen atoms in total. The van der Waals surface area contributed by atoms with Crippen LogP contribution in [0, 0.1) is 0 Å². The Bertz CT molecular complexity index is 499. The maximum Gasteiger partial charge on any atom is 0.222 e. The van der Waals surface area contributed by atoms with Gasteiger partial charge < -0.3 is 5.32 Å². The molecule has 2 aromatic rings. The van der Waals surface area contributed by atoms with E-state index >= 15 is 0 Å². The molecule has 0 spiro atoms. The summed E-state index contributed by atoms with van der Waals surface area (Å²) in [6, 6.07) is 8.99. The molecule has 0 bridgehead atoms. The lowest BCUT2D eigenvalue weighted by Crippen LogP contribution is -2.20. The van der Waals surface area contributed by atoms with Crippen LogP contribution in [0.5, 0.6) is 0 Å². The van der Waals surface area contributed by atoms with Crippen molar-refractivity contribution < 1.29 is 0 Å². The second-order valence-electron chi connectivity index (χ2n) is 4.24. The highest BCUT2D eigenvalue weighted by Gasteiger charge is 2.21. The van der Waals surface area contributed by atoms with E-state index in [1.807, 2.05) is 0 Å². The molecular weight excluding hydrogens is 278 g/mol. The molecule has 0 atom stereocenters. The molecule has 86 valence electrons. The Morgan fingerprint density at radius 1 is 1.06 bits per heavy atom. The summed E-state index contributed by atoms with van der Waals surface area (Å²) >= 11 is 3.33. The molecule has 1 aromatic heterocycles. The molecule has 0 radical (unpaired) electrons. The summed E-state index contributed by atoms with van der Waals surface area (Å²) < 4.78 is 0.901. The average Bonchev–Trinajstić information content (AvgIpc) is 2.74. The molecule has 0 amide bonds. The van der Waals surface area contributed by atoms with Gasteiger partial charge in [-0.1, -0.05) is 24.3 Å². The Morgan fingerprint density at radius 3 is 2.24 bits per heavy atom. The maximum absolute atomic E-state index is 4.24. The quantitative estimate of drug-likeness (QED) is 0.924. The Labute approximate surface area is 108 Å². The van der Waals surface area contributed by atoms with Crippen molar-refractivity contribution in [2.24, 2.45) is 0 Å². The van der Waals surface area contributed by atoms with Gasteiger partial charge in [0.25, 0.3) is 0 Å². The summed E-state index contributed by atoms with van der Waals surface area (Å²) in [5.74, 6) is 0.700. The monoisotopic (exact) mass is 289 g/mol. The molecule has 3 rings (SSSR count). The number of nitrogens with one attached hydrogen (secondary N) is 1. The largest absolute Gasteiger partial charge is 0.351 e. The second kappa shape index (κ2) is 4.45. The summed E-state index contributed by atoms with van der Waals surface area (Å²) in [5, 5.41) is 3.37. The maximum atomic E-state index is 4.24. The van der Waals surface area contributed by atoms with E-state index in [1.54, 1.807) is 12.4 Å². The summed E-state index contributed by atoms with van der Waals surface area (Å²) in [6.07, 6.45) is 5.63. The Balaban J connectivity index is 1.71. The number of fused-ring (bicyclic) bond motifs is 1. The molecule has 17 heavy (non-hydrogen) atoms. The smallest absolute Gasteiger partial charge is 0.222 e. The van der Waals surface area contributed by atoms with E-state index < -0.39 is 0 Å². The lowest BCUT2D eigenvalue weighted by atomic mass is 10.1. The third-order valence-electron chi connectivity index (χ3n) is 3.00. The zero-order chi connectivity index (χ0) is 11.7. The zero-order valence-corrected chi connectivity index (χ0v) is 10.8. The van der Waals surface area contributed by atoms with E-state index in [1.165, 1.54) is 11.1 Å². The topological polar surface area (TPSA) is 37.8 Å². The molecule has 4 heteroatoms. The van der Waals surface area contributed by atoms with Gasteiger partial charge in [0.2, 0.25) is 5.95 Å². The molecule has 1 N–H and O–H groups in total. The van der Waals surface area contributed by atoms with Gasteiger partial charge in [0.1, 0.15) is 0 Å². The Hall–Kier alpha value is -1.42. The number of hydrogen-bond donors (Lipinski definition) is 1. The van der Waals surface area contributed by atoms with Crippen molar-refractivity contribution in [1.29, 1.82) is 0 Å². The minimum atomic E-state index is 0.411. The number of hydrogen-bond acceptors (Lipinski definition) is 3. The first-order valence-corrected chi connectivity index (χ1v) is 6.41. The molecule has 1 aromatic carbocycles. The molecule has 0 unspecified atom stereocenters. The van der Waals surface area contributed by atoms with Crippen LogP contribution in [-0.4, -0.2) is 16.0 Å². The summed E-state index contributed by atoms with van der Waals surface area (Å²) in [5.41, 5.74) is 2.87. The standard InChI is InChI=1S/C13H12BrN3/c14-11-7-15-13(16-8-11)17-12-5-9-3-1-2-4-10(9)6-12/h1-4,7-8,12H,5-6H2,(H,15,16,17). The van der Waals surface area contributed by atoms with Crippen LogP contribution in [-0.2, 0) is 12.8 Å². The molecule has 0 saturated heterocycles. The fourth-order valence-corrected chi connectivity index (χ4v) is 2.44. The average molecular weight is 290 g/mol. The number of aromatic nitrogens is 2. The van der Waals surface area contributed by atoms with Gasteiger partial charge in [-0.05, 0) is 39.9 Å². The fraction of sp³-hybridized carbons (Fsp3) is 0.231. The van der Waals surface area contributed by atoms with Crippen LogP contribution in [0.4, 0.5) is 5.95 Å². The fourth-order valence-electron chi connectivity index (χ4n) is 2.23. The van der Waals surface area contributed by atoms with Gasteiger partial charge in [0.05, 0.1) is 4.47 Å². The highest BCUT2D eigenvalue weighted by molar-refractivity contribution is 9.10. The number of anilines is 1. The lowest BCUT2D eigenvalue weighted by Gasteiger charge is -2.11. The van der Waals surface area contributed by atoms with Crippen molar-refractivity contribution in [2.75, 3.05) is 5.32 Å². The van der Waals surface area contributed by atoms with Crippen molar-refractivity contribution in [3.8, 4) is 0 Å². The van der Waals surface area contributed by atoms with Crippen molar-refractivity contribution in [3.05, 3.63) is 52.3 Å². The van der Waals surface area contributed by atoms with E-state index in [9.17, 15) is 0 Å². The first-order valence-electron chi connectivity index (χ1n) is 5.62. The van der Waals surface area contributed by atoms with E-state index in [0.29, 0.717) is 12.0 Å². The van der Waals surface area contributed by atoms with Crippen LogP contribution in [0.1, 0.15) is 11.1 Å². The highest BCUT2D eigenvalue weighted by Crippen LogP contribution is 2.23. The number of rotatable bonds is 2. The van der Waals surface area contributed by atoms with Crippen LogP contribution in [0.3, 0.4) is 0 Å². The highest BCUT2D eigenvalue weighted by atomic mass is 79.9. The van der Waals surface area contributed by atoms with Crippen LogP contribution in [0.2, 0.25) is 0 Å². The lowest BCUT2D eigenvalue weighted by molar-refractivity contribution is 0.761. The van der Waals surface area contributed by atoms with Crippen molar-refractivity contribution in [3.63, 3.8) is 0 Å². The van der Waals surface area contributed by atoms with Crippen LogP contribution in [0.25, 0.3) is 0 Å². The SMILES string of the molecule is Brc1cnc(NC2Cc3ccccc3C2)nc1. The summed E-state index contributed by atoms with van der Waals surface area (Å²) in [6.45, 7) is 0. The van der Waals surface area contributed by atoms with Gasteiger partial charge in [-0.25, -0.2) is 9.97 Å². The molecule has 0 saturated carbocycles. The van der Waals surface area contributed by atoms with E-state index in [0.717, 1.165) is 17.3 Å². The second-order valence-corrected chi connectivity index (χ2v) is 5.16. The van der Waals surface area contributed by atoms with E-state index in [-0.39, 0.29) is 0 Å². The van der Waals surface area contributed by atoms with Crippen LogP contribution >= 0.6 is 15.9 Å².